The molecular weight excluding hydrogens is 460 g/mol. The Kier molecular flexibility index (Phi) is 6.55. The van der Waals surface area contributed by atoms with Crippen LogP contribution in [0.25, 0.3) is 11.4 Å². The molecule has 0 bridgehead atoms. The summed E-state index contributed by atoms with van der Waals surface area (Å²) in [5.41, 5.74) is 1.55. The first kappa shape index (κ1) is 20.9. The number of methoxy groups -OCH3 is 4. The van der Waals surface area contributed by atoms with Crippen LogP contribution in [0.5, 0.6) is 23.0 Å². The molecule has 0 radical (unpaired) electrons. The lowest BCUT2D eigenvalue weighted by Gasteiger charge is -2.13. The maximum atomic E-state index is 5.42. The second-order valence-corrected chi connectivity index (χ2v) is 6.96. The Morgan fingerprint density at radius 1 is 1.00 bits per heavy atom. The van der Waals surface area contributed by atoms with Gasteiger partial charge in [0, 0.05) is 5.56 Å². The molecular formula is C19H19BrN4O4S. The molecule has 0 saturated heterocycles. The Balaban J connectivity index is 2.04. The van der Waals surface area contributed by atoms with Crippen LogP contribution in [0.1, 0.15) is 5.56 Å². The van der Waals surface area contributed by atoms with Gasteiger partial charge in [-0.3, -0.25) is 0 Å². The lowest BCUT2D eigenvalue weighted by Crippen LogP contribution is -1.99. The quantitative estimate of drug-likeness (QED) is 0.402. The van der Waals surface area contributed by atoms with Crippen molar-refractivity contribution in [3.05, 3.63) is 45.1 Å². The van der Waals surface area contributed by atoms with Crippen LogP contribution in [0.3, 0.4) is 0 Å². The topological polar surface area (TPSA) is 82.9 Å². The summed E-state index contributed by atoms with van der Waals surface area (Å²) in [4.78, 5) is 0. The zero-order valence-corrected chi connectivity index (χ0v) is 18.6. The average molecular weight is 479 g/mol. The Morgan fingerprint density at radius 3 is 2.21 bits per heavy atom. The van der Waals surface area contributed by atoms with Gasteiger partial charge in [-0.1, -0.05) is 0 Å². The van der Waals surface area contributed by atoms with Crippen molar-refractivity contribution in [2.45, 2.75) is 0 Å². The molecule has 0 aliphatic rings. The van der Waals surface area contributed by atoms with E-state index in [9.17, 15) is 0 Å². The van der Waals surface area contributed by atoms with Crippen molar-refractivity contribution in [1.29, 1.82) is 0 Å². The number of H-pyrrole nitrogens is 1. The number of nitrogens with one attached hydrogen (secondary N) is 1. The number of halogens is 1. The molecule has 0 spiro atoms. The van der Waals surface area contributed by atoms with Crippen molar-refractivity contribution < 1.29 is 18.9 Å². The first-order valence-electron chi connectivity index (χ1n) is 8.38. The van der Waals surface area contributed by atoms with E-state index in [0.29, 0.717) is 33.4 Å². The molecule has 0 amide bonds. The van der Waals surface area contributed by atoms with Crippen molar-refractivity contribution in [3.8, 4) is 34.4 Å². The van der Waals surface area contributed by atoms with E-state index in [1.807, 2.05) is 18.2 Å². The van der Waals surface area contributed by atoms with Gasteiger partial charge in [-0.25, -0.2) is 5.10 Å². The van der Waals surface area contributed by atoms with Gasteiger partial charge >= 0.3 is 0 Å². The fraction of sp³-hybridized carbons (Fsp3) is 0.211. The van der Waals surface area contributed by atoms with Crippen molar-refractivity contribution in [1.82, 2.24) is 14.9 Å². The number of benzene rings is 2. The second kappa shape index (κ2) is 9.10. The maximum absolute atomic E-state index is 5.42. The highest BCUT2D eigenvalue weighted by molar-refractivity contribution is 9.10. The lowest BCUT2D eigenvalue weighted by atomic mass is 10.1. The Morgan fingerprint density at radius 2 is 1.66 bits per heavy atom. The second-order valence-electron chi connectivity index (χ2n) is 5.72. The van der Waals surface area contributed by atoms with Crippen LogP contribution in [-0.4, -0.2) is 49.5 Å². The summed E-state index contributed by atoms with van der Waals surface area (Å²) in [6, 6.07) is 9.19. The molecule has 0 aliphatic heterocycles. The summed E-state index contributed by atoms with van der Waals surface area (Å²) in [5.74, 6) is 2.74. The van der Waals surface area contributed by atoms with E-state index < -0.39 is 0 Å². The largest absolute Gasteiger partial charge is 0.496 e. The van der Waals surface area contributed by atoms with Crippen LogP contribution in [0.15, 0.2) is 39.9 Å². The van der Waals surface area contributed by atoms with Gasteiger partial charge in [0.15, 0.2) is 17.3 Å². The van der Waals surface area contributed by atoms with Gasteiger partial charge < -0.3 is 18.9 Å². The molecule has 1 heterocycles. The maximum Gasteiger partial charge on any atom is 0.216 e. The van der Waals surface area contributed by atoms with E-state index in [0.717, 1.165) is 15.8 Å². The Bertz CT molecular complexity index is 1080. The standard InChI is InChI=1S/C19H19BrN4O4S/c1-25-14-6-5-11(7-13(14)20)10-21-24-18(22-23-19(24)29)12-8-15(26-2)17(28-4)16(9-12)27-3/h5-10H,1-4H3,(H,23,29). The third-order valence-corrected chi connectivity index (χ3v) is 4.96. The van der Waals surface area contributed by atoms with Crippen LogP contribution in [0, 0.1) is 4.77 Å². The van der Waals surface area contributed by atoms with Gasteiger partial charge in [0.25, 0.3) is 0 Å². The van der Waals surface area contributed by atoms with Crippen LogP contribution in [-0.2, 0) is 0 Å². The number of ether oxygens (including phenoxy) is 4. The monoisotopic (exact) mass is 478 g/mol. The number of aromatic amines is 1. The lowest BCUT2D eigenvalue weighted by molar-refractivity contribution is 0.324. The van der Waals surface area contributed by atoms with Gasteiger partial charge in [-0.05, 0) is 64.0 Å². The van der Waals surface area contributed by atoms with E-state index in [-0.39, 0.29) is 0 Å². The van der Waals surface area contributed by atoms with Crippen LogP contribution < -0.4 is 18.9 Å². The Labute approximate surface area is 181 Å². The molecule has 10 heteroatoms. The highest BCUT2D eigenvalue weighted by Crippen LogP contribution is 2.40. The van der Waals surface area contributed by atoms with Gasteiger partial charge in [0.2, 0.25) is 10.5 Å². The van der Waals surface area contributed by atoms with Gasteiger partial charge in [-0.15, -0.1) is 0 Å². The molecule has 1 N–H and O–H groups in total. The predicted octanol–water partition coefficient (Wildman–Crippen LogP) is 4.29. The number of aromatic nitrogens is 3. The molecule has 29 heavy (non-hydrogen) atoms. The Hall–Kier alpha value is -2.85. The summed E-state index contributed by atoms with van der Waals surface area (Å²) < 4.78 is 24.1. The summed E-state index contributed by atoms with van der Waals surface area (Å²) in [7, 11) is 6.27. The molecule has 2 aromatic carbocycles. The molecule has 0 atom stereocenters. The zero-order chi connectivity index (χ0) is 21.0. The van der Waals surface area contributed by atoms with E-state index in [1.165, 1.54) is 4.68 Å². The van der Waals surface area contributed by atoms with E-state index in [1.54, 1.807) is 46.8 Å². The molecule has 0 aliphatic carbocycles. The molecule has 152 valence electrons. The minimum Gasteiger partial charge on any atom is -0.496 e. The molecule has 1 aromatic heterocycles. The van der Waals surface area contributed by atoms with Gasteiger partial charge in [0.05, 0.1) is 39.1 Å². The molecule has 0 fully saturated rings. The molecule has 8 nitrogen and oxygen atoms in total. The molecule has 3 rings (SSSR count). The zero-order valence-electron chi connectivity index (χ0n) is 16.2. The highest BCUT2D eigenvalue weighted by atomic mass is 79.9. The number of nitrogens with zero attached hydrogens (tertiary/aromatic N) is 3. The molecule has 0 unspecified atom stereocenters. The van der Waals surface area contributed by atoms with Crippen molar-refractivity contribution in [2.24, 2.45) is 5.10 Å². The minimum absolute atomic E-state index is 0.345. The predicted molar refractivity (Wildman–Crippen MR) is 116 cm³/mol. The average Bonchev–Trinajstić information content (AvgIpc) is 3.11. The summed E-state index contributed by atoms with van der Waals surface area (Å²) >= 11 is 8.80. The third kappa shape index (κ3) is 4.28. The normalized spacial score (nSPS) is 10.9. The van der Waals surface area contributed by atoms with Crippen molar-refractivity contribution in [2.75, 3.05) is 28.4 Å². The number of hydrogen-bond donors (Lipinski definition) is 1. The highest BCUT2D eigenvalue weighted by Gasteiger charge is 2.17. The SMILES string of the molecule is COc1ccc(C=Nn2c(-c3cc(OC)c(OC)c(OC)c3)n[nH]c2=S)cc1Br. The van der Waals surface area contributed by atoms with Crippen LogP contribution >= 0.6 is 28.1 Å². The number of hydrogen-bond acceptors (Lipinski definition) is 7. The fourth-order valence-corrected chi connectivity index (χ4v) is 3.42. The summed E-state index contributed by atoms with van der Waals surface area (Å²) in [5, 5.41) is 11.5. The van der Waals surface area contributed by atoms with Gasteiger partial charge in [-0.2, -0.15) is 14.9 Å². The third-order valence-electron chi connectivity index (χ3n) is 4.07. The number of rotatable bonds is 7. The first-order chi connectivity index (χ1) is 14.0. The fourth-order valence-electron chi connectivity index (χ4n) is 2.68. The first-order valence-corrected chi connectivity index (χ1v) is 9.58. The van der Waals surface area contributed by atoms with Crippen molar-refractivity contribution >= 4 is 34.4 Å². The summed E-state index contributed by atoms with van der Waals surface area (Å²) in [6.45, 7) is 0. The van der Waals surface area contributed by atoms with E-state index in [2.05, 4.69) is 31.2 Å². The molecule has 3 aromatic rings. The van der Waals surface area contributed by atoms with E-state index in [4.69, 9.17) is 31.2 Å². The smallest absolute Gasteiger partial charge is 0.216 e. The van der Waals surface area contributed by atoms with Crippen LogP contribution in [0.2, 0.25) is 0 Å². The van der Waals surface area contributed by atoms with E-state index >= 15 is 0 Å². The van der Waals surface area contributed by atoms with Crippen molar-refractivity contribution in [3.63, 3.8) is 0 Å². The minimum atomic E-state index is 0.345. The van der Waals surface area contributed by atoms with Crippen LogP contribution in [0.4, 0.5) is 0 Å². The van der Waals surface area contributed by atoms with Gasteiger partial charge in [0.1, 0.15) is 5.75 Å². The molecule has 0 saturated carbocycles. The summed E-state index contributed by atoms with van der Waals surface area (Å²) in [6.07, 6.45) is 1.68.